The van der Waals surface area contributed by atoms with Crippen molar-refractivity contribution < 1.29 is 5.11 Å². The number of anilines is 1. The largest absolute Gasteiger partial charge is 0.508 e. The molecule has 0 aliphatic carbocycles. The summed E-state index contributed by atoms with van der Waals surface area (Å²) in [6, 6.07) is 14.2. The molecule has 0 unspecified atom stereocenters. The molecule has 2 aromatic carbocycles. The molecule has 2 aromatic rings. The number of hydrogen-bond donors (Lipinski definition) is 1. The van der Waals surface area contributed by atoms with Crippen molar-refractivity contribution in [2.75, 3.05) is 19.0 Å². The number of benzene rings is 2. The molecule has 0 saturated carbocycles. The molecule has 0 aliphatic rings. The highest BCUT2D eigenvalue weighted by molar-refractivity contribution is 5.68. The molecule has 2 nitrogen and oxygen atoms in total. The van der Waals surface area contributed by atoms with Crippen LogP contribution in [0, 0.1) is 0 Å². The summed E-state index contributed by atoms with van der Waals surface area (Å²) in [5, 5.41) is 9.69. The van der Waals surface area contributed by atoms with E-state index in [1.54, 1.807) is 6.07 Å². The van der Waals surface area contributed by atoms with Crippen molar-refractivity contribution in [2.45, 2.75) is 13.3 Å². The Hall–Kier alpha value is -1.96. The van der Waals surface area contributed by atoms with E-state index in [0.717, 1.165) is 17.5 Å². The molecule has 0 spiro atoms. The summed E-state index contributed by atoms with van der Waals surface area (Å²) in [6.45, 7) is 2.05. The van der Waals surface area contributed by atoms with Crippen molar-refractivity contribution in [2.24, 2.45) is 0 Å². The number of aryl methyl sites for hydroxylation is 1. The van der Waals surface area contributed by atoms with E-state index >= 15 is 0 Å². The molecule has 2 heteroatoms. The topological polar surface area (TPSA) is 23.5 Å². The highest BCUT2D eigenvalue weighted by atomic mass is 16.3. The van der Waals surface area contributed by atoms with Gasteiger partial charge in [-0.1, -0.05) is 25.1 Å². The summed E-state index contributed by atoms with van der Waals surface area (Å²) >= 11 is 0. The lowest BCUT2D eigenvalue weighted by molar-refractivity contribution is 0.469. The molecule has 0 aromatic heterocycles. The van der Waals surface area contributed by atoms with Gasteiger partial charge in [0.25, 0.3) is 0 Å². The Balaban J connectivity index is 2.36. The van der Waals surface area contributed by atoms with Gasteiger partial charge in [0.1, 0.15) is 5.75 Å². The Morgan fingerprint density at radius 3 is 2.11 bits per heavy atom. The predicted molar refractivity (Wildman–Crippen MR) is 77.2 cm³/mol. The van der Waals surface area contributed by atoms with E-state index in [1.807, 2.05) is 27.1 Å². The van der Waals surface area contributed by atoms with E-state index in [4.69, 9.17) is 0 Å². The predicted octanol–water partition coefficient (Wildman–Crippen LogP) is 3.69. The molecule has 0 saturated heterocycles. The van der Waals surface area contributed by atoms with Gasteiger partial charge in [0.15, 0.2) is 0 Å². The zero-order valence-corrected chi connectivity index (χ0v) is 11.1. The molecule has 18 heavy (non-hydrogen) atoms. The van der Waals surface area contributed by atoms with Crippen LogP contribution >= 0.6 is 0 Å². The number of hydrogen-bond acceptors (Lipinski definition) is 2. The number of rotatable bonds is 3. The van der Waals surface area contributed by atoms with E-state index in [0.29, 0.717) is 5.75 Å². The highest BCUT2D eigenvalue weighted by Crippen LogP contribution is 2.27. The third kappa shape index (κ3) is 2.48. The zero-order chi connectivity index (χ0) is 13.1. The average Bonchev–Trinajstić information content (AvgIpc) is 2.39. The summed E-state index contributed by atoms with van der Waals surface area (Å²) in [5.41, 5.74) is 4.50. The number of aromatic hydroxyl groups is 1. The molecule has 94 valence electrons. The van der Waals surface area contributed by atoms with E-state index in [-0.39, 0.29) is 0 Å². The molecule has 0 heterocycles. The highest BCUT2D eigenvalue weighted by Gasteiger charge is 2.03. The minimum absolute atomic E-state index is 0.381. The Bertz CT molecular complexity index is 529. The molecular weight excluding hydrogens is 222 g/mol. The fraction of sp³-hybridized carbons (Fsp3) is 0.250. The lowest BCUT2D eigenvalue weighted by Crippen LogP contribution is -2.07. The monoisotopic (exact) mass is 241 g/mol. The first-order valence-corrected chi connectivity index (χ1v) is 6.21. The van der Waals surface area contributed by atoms with Crippen LogP contribution < -0.4 is 4.90 Å². The third-order valence-electron chi connectivity index (χ3n) is 3.18. The molecule has 0 amide bonds. The van der Waals surface area contributed by atoms with Crippen molar-refractivity contribution in [1.82, 2.24) is 0 Å². The third-order valence-corrected chi connectivity index (χ3v) is 3.18. The van der Waals surface area contributed by atoms with Crippen molar-refractivity contribution in [3.05, 3.63) is 48.0 Å². The van der Waals surface area contributed by atoms with Crippen molar-refractivity contribution in [3.63, 3.8) is 0 Å². The van der Waals surface area contributed by atoms with Crippen LogP contribution in [0.15, 0.2) is 42.5 Å². The standard InChI is InChI=1S/C16H19NO/c1-4-12-11-14(7-10-16(12)18)13-5-8-15(9-6-13)17(2)3/h5-11,18H,4H2,1-3H3. The molecule has 0 bridgehead atoms. The first kappa shape index (κ1) is 12.5. The van der Waals surface area contributed by atoms with E-state index in [9.17, 15) is 5.11 Å². The van der Waals surface area contributed by atoms with E-state index in [1.165, 1.54) is 11.3 Å². The van der Waals surface area contributed by atoms with E-state index < -0.39 is 0 Å². The van der Waals surface area contributed by atoms with Crippen LogP contribution in [0.3, 0.4) is 0 Å². The molecule has 0 radical (unpaired) electrons. The fourth-order valence-corrected chi connectivity index (χ4v) is 2.00. The summed E-state index contributed by atoms with van der Waals surface area (Å²) in [6.07, 6.45) is 0.843. The lowest BCUT2D eigenvalue weighted by Gasteiger charge is -2.13. The van der Waals surface area contributed by atoms with Crippen LogP contribution in [-0.2, 0) is 6.42 Å². The van der Waals surface area contributed by atoms with Crippen molar-refractivity contribution in [3.8, 4) is 16.9 Å². The van der Waals surface area contributed by atoms with Gasteiger partial charge in [0.05, 0.1) is 0 Å². The van der Waals surface area contributed by atoms with Gasteiger partial charge in [-0.2, -0.15) is 0 Å². The van der Waals surface area contributed by atoms with Gasteiger partial charge in [-0.3, -0.25) is 0 Å². The van der Waals surface area contributed by atoms with Gasteiger partial charge >= 0.3 is 0 Å². The average molecular weight is 241 g/mol. The van der Waals surface area contributed by atoms with Gasteiger partial charge in [0.2, 0.25) is 0 Å². The molecule has 0 fully saturated rings. The van der Waals surface area contributed by atoms with Gasteiger partial charge < -0.3 is 10.0 Å². The quantitative estimate of drug-likeness (QED) is 0.886. The number of nitrogens with zero attached hydrogens (tertiary/aromatic N) is 1. The van der Waals surface area contributed by atoms with Crippen LogP contribution in [0.4, 0.5) is 5.69 Å². The van der Waals surface area contributed by atoms with Gasteiger partial charge in [0, 0.05) is 19.8 Å². The van der Waals surface area contributed by atoms with Gasteiger partial charge in [-0.05, 0) is 47.4 Å². The first-order chi connectivity index (χ1) is 8.61. The van der Waals surface area contributed by atoms with E-state index in [2.05, 4.69) is 35.2 Å². The van der Waals surface area contributed by atoms with Crippen LogP contribution in [0.5, 0.6) is 5.75 Å². The Labute approximate surface area is 109 Å². The Morgan fingerprint density at radius 2 is 1.56 bits per heavy atom. The van der Waals surface area contributed by atoms with Crippen LogP contribution in [-0.4, -0.2) is 19.2 Å². The maximum atomic E-state index is 9.69. The molecule has 0 atom stereocenters. The summed E-state index contributed by atoms with van der Waals surface area (Å²) < 4.78 is 0. The van der Waals surface area contributed by atoms with Gasteiger partial charge in [-0.15, -0.1) is 0 Å². The maximum Gasteiger partial charge on any atom is 0.118 e. The minimum atomic E-state index is 0.381. The Kier molecular flexibility index (Phi) is 3.56. The normalized spacial score (nSPS) is 10.4. The van der Waals surface area contributed by atoms with Gasteiger partial charge in [-0.25, -0.2) is 0 Å². The summed E-state index contributed by atoms with van der Waals surface area (Å²) in [5.74, 6) is 0.381. The zero-order valence-electron chi connectivity index (χ0n) is 11.1. The second-order valence-corrected chi connectivity index (χ2v) is 4.64. The fourth-order valence-electron chi connectivity index (χ4n) is 2.00. The molecule has 0 aliphatic heterocycles. The Morgan fingerprint density at radius 1 is 0.944 bits per heavy atom. The molecule has 1 N–H and O–H groups in total. The van der Waals surface area contributed by atoms with Crippen LogP contribution in [0.1, 0.15) is 12.5 Å². The van der Waals surface area contributed by atoms with Crippen LogP contribution in [0.25, 0.3) is 11.1 Å². The number of phenols is 1. The SMILES string of the molecule is CCc1cc(-c2ccc(N(C)C)cc2)ccc1O. The van der Waals surface area contributed by atoms with Crippen molar-refractivity contribution >= 4 is 5.69 Å². The summed E-state index contributed by atoms with van der Waals surface area (Å²) in [4.78, 5) is 2.08. The maximum absolute atomic E-state index is 9.69. The molecular formula is C16H19NO. The first-order valence-electron chi connectivity index (χ1n) is 6.21. The summed E-state index contributed by atoms with van der Waals surface area (Å²) in [7, 11) is 4.06. The smallest absolute Gasteiger partial charge is 0.118 e. The second-order valence-electron chi connectivity index (χ2n) is 4.64. The lowest BCUT2D eigenvalue weighted by atomic mass is 10.0. The molecule has 2 rings (SSSR count). The minimum Gasteiger partial charge on any atom is -0.508 e. The second kappa shape index (κ2) is 5.13. The van der Waals surface area contributed by atoms with Crippen molar-refractivity contribution in [1.29, 1.82) is 0 Å². The number of phenolic OH excluding ortho intramolecular Hbond substituents is 1. The van der Waals surface area contributed by atoms with Crippen LogP contribution in [0.2, 0.25) is 0 Å².